The van der Waals surface area contributed by atoms with E-state index in [0.29, 0.717) is 29.8 Å². The van der Waals surface area contributed by atoms with E-state index in [1.54, 1.807) is 20.9 Å². The van der Waals surface area contributed by atoms with E-state index < -0.39 is 16.0 Å². The zero-order valence-electron chi connectivity index (χ0n) is 12.7. The van der Waals surface area contributed by atoms with E-state index in [0.717, 1.165) is 6.42 Å². The van der Waals surface area contributed by atoms with Gasteiger partial charge in [0.05, 0.1) is 11.4 Å². The summed E-state index contributed by atoms with van der Waals surface area (Å²) in [6, 6.07) is 0. The van der Waals surface area contributed by atoms with Gasteiger partial charge in [0.2, 0.25) is 10.0 Å². The fourth-order valence-electron chi connectivity index (χ4n) is 2.57. The number of carboxylic acid groups (broad SMARTS) is 1. The lowest BCUT2D eigenvalue weighted by molar-refractivity contribution is -0.137. The van der Waals surface area contributed by atoms with Gasteiger partial charge in [-0.3, -0.25) is 9.48 Å². The minimum absolute atomic E-state index is 0.125. The van der Waals surface area contributed by atoms with E-state index in [1.807, 2.05) is 0 Å². The fourth-order valence-corrected chi connectivity index (χ4v) is 4.17. The normalized spacial score (nSPS) is 21.8. The van der Waals surface area contributed by atoms with Crippen molar-refractivity contribution in [3.05, 3.63) is 11.4 Å². The van der Waals surface area contributed by atoms with Crippen LogP contribution in [0.5, 0.6) is 0 Å². The van der Waals surface area contributed by atoms with Crippen LogP contribution in [0.2, 0.25) is 0 Å². The first-order chi connectivity index (χ1) is 9.64. The van der Waals surface area contributed by atoms with Gasteiger partial charge in [-0.05, 0) is 32.1 Å². The Balaban J connectivity index is 2.31. The van der Waals surface area contributed by atoms with Crippen LogP contribution in [0.1, 0.15) is 24.7 Å². The highest BCUT2D eigenvalue weighted by Gasteiger charge is 2.37. The second-order valence-corrected chi connectivity index (χ2v) is 7.79. The van der Waals surface area contributed by atoms with Crippen molar-refractivity contribution >= 4 is 16.0 Å². The average Bonchev–Trinajstić information content (AvgIpc) is 2.94. The van der Waals surface area contributed by atoms with Gasteiger partial charge in [-0.15, -0.1) is 0 Å². The summed E-state index contributed by atoms with van der Waals surface area (Å²) in [4.78, 5) is 10.9. The molecular weight excluding hydrogens is 294 g/mol. The Morgan fingerprint density at radius 1 is 1.48 bits per heavy atom. The average molecular weight is 315 g/mol. The molecule has 0 spiro atoms. The van der Waals surface area contributed by atoms with Crippen molar-refractivity contribution in [2.75, 3.05) is 13.6 Å². The van der Waals surface area contributed by atoms with Crippen LogP contribution in [-0.4, -0.2) is 47.2 Å². The quantitative estimate of drug-likeness (QED) is 0.840. The Bertz CT molecular complexity index is 665. The third kappa shape index (κ3) is 3.11. The van der Waals surface area contributed by atoms with Crippen molar-refractivity contribution in [3.8, 4) is 0 Å². The lowest BCUT2D eigenvalue weighted by Crippen LogP contribution is -2.30. The van der Waals surface area contributed by atoms with Gasteiger partial charge in [0.25, 0.3) is 0 Å². The molecule has 1 fully saturated rings. The summed E-state index contributed by atoms with van der Waals surface area (Å²) >= 11 is 0. The third-order valence-corrected chi connectivity index (χ3v) is 6.11. The highest BCUT2D eigenvalue weighted by molar-refractivity contribution is 7.89. The number of hydrogen-bond acceptors (Lipinski definition) is 4. The molecule has 2 atom stereocenters. The molecule has 7 nitrogen and oxygen atoms in total. The second kappa shape index (κ2) is 5.42. The molecule has 21 heavy (non-hydrogen) atoms. The smallest absolute Gasteiger partial charge is 0.325 e. The van der Waals surface area contributed by atoms with Gasteiger partial charge in [-0.2, -0.15) is 5.10 Å². The van der Waals surface area contributed by atoms with Crippen LogP contribution in [0.25, 0.3) is 0 Å². The third-order valence-electron chi connectivity index (χ3n) is 4.04. The maximum atomic E-state index is 12.7. The highest BCUT2D eigenvalue weighted by Crippen LogP contribution is 2.39. The Morgan fingerprint density at radius 2 is 2.05 bits per heavy atom. The van der Waals surface area contributed by atoms with E-state index in [1.165, 1.54) is 8.99 Å². The summed E-state index contributed by atoms with van der Waals surface area (Å²) in [7, 11) is -2.07. The second-order valence-electron chi connectivity index (χ2n) is 5.81. The van der Waals surface area contributed by atoms with Gasteiger partial charge >= 0.3 is 5.97 Å². The van der Waals surface area contributed by atoms with Gasteiger partial charge in [-0.25, -0.2) is 12.7 Å². The first-order valence-corrected chi connectivity index (χ1v) is 8.30. The van der Waals surface area contributed by atoms with E-state index in [9.17, 15) is 13.2 Å². The zero-order chi connectivity index (χ0) is 15.9. The molecule has 0 bridgehead atoms. The van der Waals surface area contributed by atoms with Gasteiger partial charge in [0.1, 0.15) is 11.4 Å². The molecule has 1 aliphatic carbocycles. The van der Waals surface area contributed by atoms with Gasteiger partial charge < -0.3 is 5.11 Å². The van der Waals surface area contributed by atoms with Crippen LogP contribution in [0.4, 0.5) is 0 Å². The standard InChI is InChI=1S/C13H21N3O4S/c1-8-5-11(8)6-15(4)21(19,20)13-9(2)14-16(10(13)3)7-12(17)18/h8,11H,5-7H2,1-4H3,(H,17,18). The largest absolute Gasteiger partial charge is 0.480 e. The molecule has 1 N–H and O–H groups in total. The number of rotatable bonds is 6. The topological polar surface area (TPSA) is 92.5 Å². The van der Waals surface area contributed by atoms with Crippen molar-refractivity contribution < 1.29 is 18.3 Å². The summed E-state index contributed by atoms with van der Waals surface area (Å²) in [5.74, 6) is -0.0660. The van der Waals surface area contributed by atoms with E-state index >= 15 is 0 Å². The number of sulfonamides is 1. The SMILES string of the molecule is Cc1nn(CC(=O)O)c(C)c1S(=O)(=O)N(C)CC1CC1C. The van der Waals surface area contributed by atoms with Crippen LogP contribution in [0.15, 0.2) is 4.90 Å². The Labute approximate surface area is 124 Å². The molecule has 2 rings (SSSR count). The molecule has 1 aliphatic rings. The summed E-state index contributed by atoms with van der Waals surface area (Å²) in [6.45, 7) is 5.43. The monoisotopic (exact) mass is 315 g/mol. The van der Waals surface area contributed by atoms with Crippen LogP contribution in [-0.2, 0) is 21.4 Å². The van der Waals surface area contributed by atoms with Crippen LogP contribution in [0.3, 0.4) is 0 Å². The number of carbonyl (C=O) groups is 1. The van der Waals surface area contributed by atoms with Crippen molar-refractivity contribution in [1.82, 2.24) is 14.1 Å². The molecule has 1 aromatic heterocycles. The Kier molecular flexibility index (Phi) is 4.12. The molecule has 0 amide bonds. The number of aryl methyl sites for hydroxylation is 1. The molecule has 1 heterocycles. The summed E-state index contributed by atoms with van der Waals surface area (Å²) < 4.78 is 27.9. The first kappa shape index (κ1) is 16.0. The predicted molar refractivity (Wildman–Crippen MR) is 76.4 cm³/mol. The maximum absolute atomic E-state index is 12.7. The lowest BCUT2D eigenvalue weighted by atomic mass is 10.3. The molecule has 1 aromatic rings. The number of aromatic nitrogens is 2. The minimum Gasteiger partial charge on any atom is -0.480 e. The Hall–Kier alpha value is -1.41. The molecule has 118 valence electrons. The predicted octanol–water partition coefficient (Wildman–Crippen LogP) is 0.861. The molecule has 8 heteroatoms. The molecule has 1 saturated carbocycles. The Morgan fingerprint density at radius 3 is 2.52 bits per heavy atom. The van der Waals surface area contributed by atoms with Crippen molar-refractivity contribution in [3.63, 3.8) is 0 Å². The molecule has 0 saturated heterocycles. The van der Waals surface area contributed by atoms with Crippen LogP contribution < -0.4 is 0 Å². The van der Waals surface area contributed by atoms with Gasteiger partial charge in [-0.1, -0.05) is 6.92 Å². The molecule has 0 aliphatic heterocycles. The van der Waals surface area contributed by atoms with E-state index in [4.69, 9.17) is 5.11 Å². The minimum atomic E-state index is -3.64. The van der Waals surface area contributed by atoms with E-state index in [2.05, 4.69) is 12.0 Å². The molecule has 0 aromatic carbocycles. The summed E-state index contributed by atoms with van der Waals surface area (Å²) in [6.07, 6.45) is 1.05. The zero-order valence-corrected chi connectivity index (χ0v) is 13.5. The number of aliphatic carboxylic acids is 1. The van der Waals surface area contributed by atoms with Crippen molar-refractivity contribution in [1.29, 1.82) is 0 Å². The van der Waals surface area contributed by atoms with Crippen LogP contribution in [0, 0.1) is 25.7 Å². The molecule has 2 unspecified atom stereocenters. The lowest BCUT2D eigenvalue weighted by Gasteiger charge is -2.17. The number of carboxylic acids is 1. The van der Waals surface area contributed by atoms with Crippen molar-refractivity contribution in [2.45, 2.75) is 38.6 Å². The molecular formula is C13H21N3O4S. The molecule has 0 radical (unpaired) electrons. The number of hydrogen-bond donors (Lipinski definition) is 1. The van der Waals surface area contributed by atoms with Gasteiger partial charge in [0.15, 0.2) is 0 Å². The summed E-state index contributed by atoms with van der Waals surface area (Å²) in [5.41, 5.74) is 0.704. The van der Waals surface area contributed by atoms with Crippen LogP contribution >= 0.6 is 0 Å². The fraction of sp³-hybridized carbons (Fsp3) is 0.692. The highest BCUT2D eigenvalue weighted by atomic mass is 32.2. The number of nitrogens with zero attached hydrogens (tertiary/aromatic N) is 3. The maximum Gasteiger partial charge on any atom is 0.325 e. The summed E-state index contributed by atoms with van der Waals surface area (Å²) in [5, 5.41) is 12.9. The van der Waals surface area contributed by atoms with Gasteiger partial charge in [0, 0.05) is 13.6 Å². The first-order valence-electron chi connectivity index (χ1n) is 6.86. The van der Waals surface area contributed by atoms with Crippen molar-refractivity contribution in [2.24, 2.45) is 11.8 Å². The van der Waals surface area contributed by atoms with E-state index in [-0.39, 0.29) is 11.4 Å².